The minimum Gasteiger partial charge on any atom is -0.398 e. The lowest BCUT2D eigenvalue weighted by Gasteiger charge is -2.10. The number of nitrogen functional groups attached to an aromatic ring is 1. The highest BCUT2D eigenvalue weighted by Gasteiger charge is 2.05. The highest BCUT2D eigenvalue weighted by atomic mass is 127. The zero-order valence-corrected chi connectivity index (χ0v) is 16.7. The van der Waals surface area contributed by atoms with Gasteiger partial charge in [-0.2, -0.15) is 0 Å². The van der Waals surface area contributed by atoms with Gasteiger partial charge in [-0.05, 0) is 70.5 Å². The summed E-state index contributed by atoms with van der Waals surface area (Å²) in [5.41, 5.74) is 12.1. The fraction of sp³-hybridized carbons (Fsp3) is 0.400. The van der Waals surface area contributed by atoms with Gasteiger partial charge in [-0.1, -0.05) is 64.1 Å². The number of anilines is 1. The predicted octanol–water partition coefficient (Wildman–Crippen LogP) is 6.42. The van der Waals surface area contributed by atoms with Gasteiger partial charge in [0.1, 0.15) is 0 Å². The van der Waals surface area contributed by atoms with Gasteiger partial charge >= 0.3 is 0 Å². The molecule has 0 heterocycles. The van der Waals surface area contributed by atoms with Crippen LogP contribution in [0, 0.1) is 17.4 Å². The number of hydrogen-bond donors (Lipinski definition) is 1. The van der Waals surface area contributed by atoms with E-state index in [1.54, 1.807) is 0 Å². The lowest BCUT2D eigenvalue weighted by Crippen LogP contribution is -1.98. The van der Waals surface area contributed by atoms with Crippen LogP contribution in [0.15, 0.2) is 36.4 Å². The van der Waals surface area contributed by atoms with Gasteiger partial charge in [0.25, 0.3) is 0 Å². The van der Waals surface area contributed by atoms with Crippen LogP contribution in [0.1, 0.15) is 61.8 Å². The molecule has 2 aromatic rings. The van der Waals surface area contributed by atoms with E-state index in [-0.39, 0.29) is 0 Å². The van der Waals surface area contributed by atoms with E-state index in [0.29, 0.717) is 11.8 Å². The first-order chi connectivity index (χ1) is 10.3. The molecule has 2 aromatic carbocycles. The number of nitrogens with two attached hydrogens (primary N) is 1. The minimum absolute atomic E-state index is 0.523. The number of para-hydroxylation sites is 1. The van der Waals surface area contributed by atoms with Crippen molar-refractivity contribution in [2.45, 2.75) is 53.4 Å². The van der Waals surface area contributed by atoms with Crippen LogP contribution in [-0.2, 0) is 0 Å². The number of benzene rings is 2. The molecule has 0 bridgehead atoms. The molecule has 0 fully saturated rings. The van der Waals surface area contributed by atoms with E-state index in [1.807, 2.05) is 13.0 Å². The molecule has 1 nitrogen and oxygen atoms in total. The third kappa shape index (κ3) is 5.01. The molecule has 0 aliphatic carbocycles. The van der Waals surface area contributed by atoms with E-state index >= 15 is 0 Å². The molecule has 2 rings (SSSR count). The number of hydrogen-bond acceptors (Lipinski definition) is 1. The fourth-order valence-electron chi connectivity index (χ4n) is 2.32. The van der Waals surface area contributed by atoms with Crippen LogP contribution >= 0.6 is 22.6 Å². The highest BCUT2D eigenvalue weighted by molar-refractivity contribution is 14.1. The SMILES string of the molecule is Cc1cccc(C(C)C)c1I.Cc1cccc(C(C)C)c1N. The highest BCUT2D eigenvalue weighted by Crippen LogP contribution is 2.24. The van der Waals surface area contributed by atoms with Crippen molar-refractivity contribution in [2.24, 2.45) is 0 Å². The molecule has 0 radical (unpaired) electrons. The standard InChI is InChI=1S/C10H13I.C10H15N/c2*1-7(2)9-6-4-5-8(3)10(9)11/h4-7H,1-3H3;4-7H,11H2,1-3H3. The molecular weight excluding hydrogens is 381 g/mol. The molecule has 120 valence electrons. The van der Waals surface area contributed by atoms with E-state index < -0.39 is 0 Å². The van der Waals surface area contributed by atoms with Crippen molar-refractivity contribution in [3.05, 3.63) is 62.2 Å². The summed E-state index contributed by atoms with van der Waals surface area (Å²) in [5, 5.41) is 0. The zero-order chi connectivity index (χ0) is 16.9. The minimum atomic E-state index is 0.523. The number of aryl methyl sites for hydroxylation is 2. The molecule has 2 heteroatoms. The van der Waals surface area contributed by atoms with E-state index in [2.05, 4.69) is 87.5 Å². The van der Waals surface area contributed by atoms with Crippen molar-refractivity contribution < 1.29 is 0 Å². The number of halogens is 1. The first-order valence-electron chi connectivity index (χ1n) is 7.85. The first-order valence-corrected chi connectivity index (χ1v) is 8.93. The van der Waals surface area contributed by atoms with Gasteiger partial charge in [0.2, 0.25) is 0 Å². The first kappa shape index (κ1) is 19.0. The average molecular weight is 409 g/mol. The summed E-state index contributed by atoms with van der Waals surface area (Å²) in [4.78, 5) is 0. The Kier molecular flexibility index (Phi) is 7.40. The molecule has 2 N–H and O–H groups in total. The summed E-state index contributed by atoms with van der Waals surface area (Å²) in [6.45, 7) is 13.0. The van der Waals surface area contributed by atoms with Crippen LogP contribution in [0.25, 0.3) is 0 Å². The van der Waals surface area contributed by atoms with Gasteiger partial charge in [-0.25, -0.2) is 0 Å². The number of rotatable bonds is 2. The second kappa shape index (κ2) is 8.56. The van der Waals surface area contributed by atoms with Gasteiger partial charge < -0.3 is 5.73 Å². The Balaban J connectivity index is 0.000000220. The molecule has 0 unspecified atom stereocenters. The van der Waals surface area contributed by atoms with E-state index in [4.69, 9.17) is 5.73 Å². The summed E-state index contributed by atoms with van der Waals surface area (Å²) in [5.74, 6) is 1.16. The monoisotopic (exact) mass is 409 g/mol. The van der Waals surface area contributed by atoms with Crippen LogP contribution in [0.5, 0.6) is 0 Å². The van der Waals surface area contributed by atoms with Crippen molar-refractivity contribution in [1.29, 1.82) is 0 Å². The molecule has 0 saturated carbocycles. The van der Waals surface area contributed by atoms with Gasteiger partial charge in [-0.3, -0.25) is 0 Å². The molecule has 0 aliphatic rings. The zero-order valence-electron chi connectivity index (χ0n) is 14.6. The third-order valence-corrected chi connectivity index (χ3v) is 5.30. The van der Waals surface area contributed by atoms with Crippen LogP contribution in [0.4, 0.5) is 5.69 Å². The topological polar surface area (TPSA) is 26.0 Å². The second-order valence-electron chi connectivity index (χ2n) is 6.37. The molecule has 0 saturated heterocycles. The Morgan fingerprint density at radius 2 is 1.23 bits per heavy atom. The third-order valence-electron chi connectivity index (χ3n) is 3.82. The maximum absolute atomic E-state index is 5.88. The maximum atomic E-state index is 5.88. The Hall–Kier alpha value is -1.03. The van der Waals surface area contributed by atoms with Gasteiger partial charge in [0.15, 0.2) is 0 Å². The molecule has 0 amide bonds. The van der Waals surface area contributed by atoms with Crippen molar-refractivity contribution in [3.63, 3.8) is 0 Å². The molecule has 0 atom stereocenters. The molecule has 22 heavy (non-hydrogen) atoms. The van der Waals surface area contributed by atoms with Crippen LogP contribution < -0.4 is 5.73 Å². The summed E-state index contributed by atoms with van der Waals surface area (Å²) >= 11 is 2.42. The Labute approximate surface area is 149 Å². The van der Waals surface area contributed by atoms with Crippen molar-refractivity contribution in [3.8, 4) is 0 Å². The van der Waals surface area contributed by atoms with E-state index in [1.165, 1.54) is 25.8 Å². The Bertz CT molecular complexity index is 560. The fourth-order valence-corrected chi connectivity index (χ4v) is 3.31. The van der Waals surface area contributed by atoms with Gasteiger partial charge in [0.05, 0.1) is 0 Å². The average Bonchev–Trinajstić information content (AvgIpc) is 2.45. The molecular formula is C20H28IN. The largest absolute Gasteiger partial charge is 0.398 e. The Morgan fingerprint density at radius 3 is 1.64 bits per heavy atom. The summed E-state index contributed by atoms with van der Waals surface area (Å²) in [6, 6.07) is 12.7. The predicted molar refractivity (Wildman–Crippen MR) is 108 cm³/mol. The van der Waals surface area contributed by atoms with Crippen LogP contribution in [-0.4, -0.2) is 0 Å². The summed E-state index contributed by atoms with van der Waals surface area (Å²) in [6.07, 6.45) is 0. The second-order valence-corrected chi connectivity index (χ2v) is 7.44. The van der Waals surface area contributed by atoms with Crippen molar-refractivity contribution in [2.75, 3.05) is 5.73 Å². The summed E-state index contributed by atoms with van der Waals surface area (Å²) in [7, 11) is 0. The van der Waals surface area contributed by atoms with Gasteiger partial charge in [0, 0.05) is 9.26 Å². The van der Waals surface area contributed by atoms with Crippen LogP contribution in [0.3, 0.4) is 0 Å². The molecule has 0 spiro atoms. The molecule has 0 aliphatic heterocycles. The normalized spacial score (nSPS) is 10.6. The lowest BCUT2D eigenvalue weighted by atomic mass is 9.99. The summed E-state index contributed by atoms with van der Waals surface area (Å²) < 4.78 is 1.42. The Morgan fingerprint density at radius 1 is 0.773 bits per heavy atom. The van der Waals surface area contributed by atoms with Crippen molar-refractivity contribution >= 4 is 28.3 Å². The van der Waals surface area contributed by atoms with E-state index in [9.17, 15) is 0 Å². The maximum Gasteiger partial charge on any atom is 0.0378 e. The van der Waals surface area contributed by atoms with Crippen molar-refractivity contribution in [1.82, 2.24) is 0 Å². The molecule has 0 aromatic heterocycles. The quantitative estimate of drug-likeness (QED) is 0.449. The lowest BCUT2D eigenvalue weighted by molar-refractivity contribution is 0.858. The smallest absolute Gasteiger partial charge is 0.0378 e. The van der Waals surface area contributed by atoms with Gasteiger partial charge in [-0.15, -0.1) is 0 Å². The van der Waals surface area contributed by atoms with E-state index in [0.717, 1.165) is 5.69 Å². The van der Waals surface area contributed by atoms with Crippen LogP contribution in [0.2, 0.25) is 0 Å².